The minimum atomic E-state index is -0.793. The summed E-state index contributed by atoms with van der Waals surface area (Å²) in [5.74, 6) is 1.31. The highest BCUT2D eigenvalue weighted by Crippen LogP contribution is 2.55. The lowest BCUT2D eigenvalue weighted by atomic mass is 9.53. The maximum absolute atomic E-state index is 12.4. The minimum Gasteiger partial charge on any atom is -0.344 e. The van der Waals surface area contributed by atoms with Gasteiger partial charge in [-0.1, -0.05) is 0 Å². The number of carbonyl (C=O) groups excluding carboxylic acids is 4. The lowest BCUT2D eigenvalue weighted by Crippen LogP contribution is -2.61. The van der Waals surface area contributed by atoms with Crippen molar-refractivity contribution in [2.45, 2.75) is 82.8 Å². The maximum atomic E-state index is 12.4. The molecule has 4 aliphatic carbocycles. The summed E-state index contributed by atoms with van der Waals surface area (Å²) in [6.07, 6.45) is 7.28. The predicted octanol–water partition coefficient (Wildman–Crippen LogP) is 1.30. The molecule has 8 heteroatoms. The second kappa shape index (κ2) is 7.61. The van der Waals surface area contributed by atoms with Crippen LogP contribution in [-0.2, 0) is 14.4 Å². The number of urea groups is 1. The van der Waals surface area contributed by atoms with Crippen LogP contribution in [0.5, 0.6) is 0 Å². The molecule has 0 aromatic heterocycles. The third-order valence-corrected chi connectivity index (χ3v) is 7.09. The third-order valence-electron chi connectivity index (χ3n) is 7.09. The first-order valence-corrected chi connectivity index (χ1v) is 11.0. The molecule has 0 spiro atoms. The Morgan fingerprint density at radius 1 is 1.07 bits per heavy atom. The maximum Gasteiger partial charge on any atom is 0.315 e. The molecule has 5 aliphatic rings. The minimum absolute atomic E-state index is 0.00267. The molecule has 3 N–H and O–H groups in total. The van der Waals surface area contributed by atoms with E-state index in [0.717, 1.165) is 37.0 Å². The van der Waals surface area contributed by atoms with Gasteiger partial charge in [-0.05, 0) is 70.1 Å². The molecule has 8 nitrogen and oxygen atoms in total. The molecule has 1 atom stereocenters. The van der Waals surface area contributed by atoms with Gasteiger partial charge >= 0.3 is 6.03 Å². The largest absolute Gasteiger partial charge is 0.344 e. The van der Waals surface area contributed by atoms with E-state index in [9.17, 15) is 19.2 Å². The van der Waals surface area contributed by atoms with Crippen LogP contribution < -0.4 is 16.0 Å². The lowest BCUT2D eigenvalue weighted by Gasteiger charge is -2.56. The van der Waals surface area contributed by atoms with Gasteiger partial charge < -0.3 is 16.0 Å². The van der Waals surface area contributed by atoms with Crippen molar-refractivity contribution in [3.05, 3.63) is 0 Å². The smallest absolute Gasteiger partial charge is 0.315 e. The number of carbonyl (C=O) groups is 4. The molecule has 0 aromatic rings. The van der Waals surface area contributed by atoms with Crippen molar-refractivity contribution in [1.82, 2.24) is 20.9 Å². The Labute approximate surface area is 171 Å². The zero-order valence-electron chi connectivity index (χ0n) is 17.3. The highest BCUT2D eigenvalue weighted by atomic mass is 16.2. The van der Waals surface area contributed by atoms with Crippen LogP contribution in [0.4, 0.5) is 4.79 Å². The van der Waals surface area contributed by atoms with Crippen LogP contribution in [0.25, 0.3) is 0 Å². The highest BCUT2D eigenvalue weighted by Gasteiger charge is 2.51. The third kappa shape index (κ3) is 4.12. The normalized spacial score (nSPS) is 35.3. The van der Waals surface area contributed by atoms with Crippen molar-refractivity contribution < 1.29 is 19.2 Å². The van der Waals surface area contributed by atoms with E-state index >= 15 is 0 Å². The Morgan fingerprint density at radius 3 is 2.17 bits per heavy atom. The van der Waals surface area contributed by atoms with Gasteiger partial charge in [0, 0.05) is 24.5 Å². The molecule has 4 bridgehead atoms. The first kappa shape index (κ1) is 20.2. The summed E-state index contributed by atoms with van der Waals surface area (Å²) in [5.41, 5.74) is -0.0575. The predicted molar refractivity (Wildman–Crippen MR) is 106 cm³/mol. The van der Waals surface area contributed by atoms with E-state index in [4.69, 9.17) is 0 Å². The standard InChI is InChI=1S/C21H32N4O4/c1-12(2)25-18(27)8-16(19(25)28)23-17(26)3-4-22-20(29)24-21-9-13-5-14(10-21)7-15(6-13)11-21/h12-16H,3-11H2,1-2H3,(H,23,26)(H2,22,24,29)/t13?,14?,15?,16-,21?/m0/s1. The van der Waals surface area contributed by atoms with E-state index in [1.54, 1.807) is 13.8 Å². The topological polar surface area (TPSA) is 108 Å². The van der Waals surface area contributed by atoms with Crippen LogP contribution in [0.1, 0.15) is 65.2 Å². The fourth-order valence-electron chi connectivity index (χ4n) is 6.41. The fourth-order valence-corrected chi connectivity index (χ4v) is 6.41. The molecule has 1 heterocycles. The summed E-state index contributed by atoms with van der Waals surface area (Å²) in [4.78, 5) is 49.9. The molecule has 4 saturated carbocycles. The van der Waals surface area contributed by atoms with E-state index in [0.29, 0.717) is 0 Å². The van der Waals surface area contributed by atoms with Crippen molar-refractivity contribution >= 4 is 23.8 Å². The zero-order valence-corrected chi connectivity index (χ0v) is 17.3. The van der Waals surface area contributed by atoms with Crippen molar-refractivity contribution in [1.29, 1.82) is 0 Å². The molecule has 29 heavy (non-hydrogen) atoms. The highest BCUT2D eigenvalue weighted by molar-refractivity contribution is 6.07. The fraction of sp³-hybridized carbons (Fsp3) is 0.810. The van der Waals surface area contributed by atoms with Crippen molar-refractivity contribution in [3.63, 3.8) is 0 Å². The number of amides is 5. The SMILES string of the molecule is CC(C)N1C(=O)C[C@H](NC(=O)CCNC(=O)NC23CC4CC(CC(C4)C2)C3)C1=O. The van der Waals surface area contributed by atoms with Gasteiger partial charge in [0.1, 0.15) is 6.04 Å². The average Bonchev–Trinajstić information content (AvgIpc) is 2.86. The summed E-state index contributed by atoms with van der Waals surface area (Å²) in [6.45, 7) is 3.74. The van der Waals surface area contributed by atoms with Gasteiger partial charge in [0.15, 0.2) is 0 Å². The number of rotatable bonds is 6. The Balaban J connectivity index is 1.20. The van der Waals surface area contributed by atoms with Crippen LogP contribution >= 0.6 is 0 Å². The van der Waals surface area contributed by atoms with Gasteiger partial charge in [-0.25, -0.2) is 4.79 Å². The Kier molecular flexibility index (Phi) is 5.29. The van der Waals surface area contributed by atoms with Gasteiger partial charge in [-0.15, -0.1) is 0 Å². The first-order valence-electron chi connectivity index (χ1n) is 11.0. The van der Waals surface area contributed by atoms with Gasteiger partial charge in [0.25, 0.3) is 5.91 Å². The van der Waals surface area contributed by atoms with Gasteiger partial charge in [0.05, 0.1) is 6.42 Å². The number of nitrogens with one attached hydrogen (secondary N) is 3. The van der Waals surface area contributed by atoms with E-state index in [-0.39, 0.29) is 54.7 Å². The molecule has 5 rings (SSSR count). The molecular formula is C21H32N4O4. The van der Waals surface area contributed by atoms with Crippen molar-refractivity contribution in [2.24, 2.45) is 17.8 Å². The molecule has 1 aliphatic heterocycles. The number of likely N-dealkylation sites (tertiary alicyclic amines) is 1. The summed E-state index contributed by atoms with van der Waals surface area (Å²) < 4.78 is 0. The molecule has 0 radical (unpaired) electrons. The van der Waals surface area contributed by atoms with Crippen molar-refractivity contribution in [3.8, 4) is 0 Å². The summed E-state index contributed by atoms with van der Waals surface area (Å²) in [5, 5.41) is 8.62. The van der Waals surface area contributed by atoms with Crippen LogP contribution in [0.2, 0.25) is 0 Å². The van der Waals surface area contributed by atoms with Gasteiger partial charge in [0.2, 0.25) is 11.8 Å². The van der Waals surface area contributed by atoms with Crippen LogP contribution in [0.15, 0.2) is 0 Å². The quantitative estimate of drug-likeness (QED) is 0.580. The molecule has 5 amide bonds. The Morgan fingerprint density at radius 2 is 1.66 bits per heavy atom. The molecule has 5 fully saturated rings. The summed E-state index contributed by atoms with van der Waals surface area (Å²) >= 11 is 0. The number of nitrogens with zero attached hydrogens (tertiary/aromatic N) is 1. The number of hydrogen-bond donors (Lipinski definition) is 3. The second-order valence-electron chi connectivity index (χ2n) is 9.85. The number of imide groups is 1. The molecule has 0 unspecified atom stereocenters. The zero-order chi connectivity index (χ0) is 20.8. The van der Waals surface area contributed by atoms with E-state index in [1.807, 2.05) is 0 Å². The molecule has 160 valence electrons. The Hall–Kier alpha value is -2.12. The van der Waals surface area contributed by atoms with E-state index in [1.165, 1.54) is 24.2 Å². The first-order chi connectivity index (χ1) is 13.7. The van der Waals surface area contributed by atoms with Gasteiger partial charge in [-0.2, -0.15) is 0 Å². The monoisotopic (exact) mass is 404 g/mol. The molecular weight excluding hydrogens is 372 g/mol. The van der Waals surface area contributed by atoms with E-state index < -0.39 is 6.04 Å². The number of hydrogen-bond acceptors (Lipinski definition) is 4. The molecule has 1 saturated heterocycles. The second-order valence-corrected chi connectivity index (χ2v) is 9.85. The van der Waals surface area contributed by atoms with Gasteiger partial charge in [-0.3, -0.25) is 19.3 Å². The lowest BCUT2D eigenvalue weighted by molar-refractivity contribution is -0.141. The Bertz CT molecular complexity index is 684. The van der Waals surface area contributed by atoms with Crippen LogP contribution in [0, 0.1) is 17.8 Å². The molecule has 0 aromatic carbocycles. The van der Waals surface area contributed by atoms with E-state index in [2.05, 4.69) is 16.0 Å². The van der Waals surface area contributed by atoms with Crippen LogP contribution in [0.3, 0.4) is 0 Å². The summed E-state index contributed by atoms with van der Waals surface area (Å²) in [6, 6.07) is -1.22. The van der Waals surface area contributed by atoms with Crippen LogP contribution in [-0.4, -0.2) is 52.8 Å². The average molecular weight is 405 g/mol. The summed E-state index contributed by atoms with van der Waals surface area (Å²) in [7, 11) is 0. The van der Waals surface area contributed by atoms with Crippen molar-refractivity contribution in [2.75, 3.05) is 6.54 Å².